The molecule has 3 rings (SSSR count). The average Bonchev–Trinajstić information content (AvgIpc) is 2.97. The van der Waals surface area contributed by atoms with E-state index in [0.29, 0.717) is 11.3 Å². The number of halogens is 3. The Morgan fingerprint density at radius 1 is 1.32 bits per heavy atom. The second-order valence-electron chi connectivity index (χ2n) is 4.42. The van der Waals surface area contributed by atoms with Crippen LogP contribution >= 0.6 is 23.2 Å². The SMILES string of the molecule is O=c1c(Cl)c(Cl)cnn1Cc1coc(-c2cccc(F)c2)n1. The van der Waals surface area contributed by atoms with Gasteiger partial charge in [-0.2, -0.15) is 5.10 Å². The van der Waals surface area contributed by atoms with E-state index in [4.69, 9.17) is 27.6 Å². The highest BCUT2D eigenvalue weighted by Crippen LogP contribution is 2.20. The van der Waals surface area contributed by atoms with E-state index in [1.807, 2.05) is 0 Å². The monoisotopic (exact) mass is 339 g/mol. The number of oxazole rings is 1. The minimum absolute atomic E-state index is 0.0640. The van der Waals surface area contributed by atoms with Gasteiger partial charge in [0, 0.05) is 5.56 Å². The largest absolute Gasteiger partial charge is 0.444 e. The van der Waals surface area contributed by atoms with Gasteiger partial charge in [-0.05, 0) is 18.2 Å². The minimum atomic E-state index is -0.524. The lowest BCUT2D eigenvalue weighted by molar-refractivity contribution is 0.565. The molecular formula is C14H8Cl2FN3O2. The van der Waals surface area contributed by atoms with Crippen LogP contribution in [0, 0.1) is 5.82 Å². The molecule has 0 amide bonds. The number of hydrogen-bond acceptors (Lipinski definition) is 4. The van der Waals surface area contributed by atoms with E-state index < -0.39 is 5.56 Å². The highest BCUT2D eigenvalue weighted by Gasteiger charge is 2.11. The minimum Gasteiger partial charge on any atom is -0.444 e. The third-order valence-corrected chi connectivity index (χ3v) is 3.63. The number of hydrogen-bond donors (Lipinski definition) is 0. The lowest BCUT2D eigenvalue weighted by Crippen LogP contribution is -2.23. The van der Waals surface area contributed by atoms with E-state index in [0.717, 1.165) is 4.68 Å². The maximum Gasteiger partial charge on any atom is 0.287 e. The second kappa shape index (κ2) is 5.90. The fourth-order valence-electron chi connectivity index (χ4n) is 1.84. The predicted octanol–water partition coefficient (Wildman–Crippen LogP) is 3.39. The molecule has 0 saturated carbocycles. The van der Waals surface area contributed by atoms with Crippen LogP contribution < -0.4 is 5.56 Å². The summed E-state index contributed by atoms with van der Waals surface area (Å²) >= 11 is 11.5. The van der Waals surface area contributed by atoms with Crippen molar-refractivity contribution in [3.8, 4) is 11.5 Å². The Balaban J connectivity index is 1.89. The molecule has 0 atom stereocenters. The van der Waals surface area contributed by atoms with Crippen LogP contribution in [0.2, 0.25) is 10.0 Å². The first-order valence-electron chi connectivity index (χ1n) is 6.16. The molecule has 0 unspecified atom stereocenters. The number of aromatic nitrogens is 3. The van der Waals surface area contributed by atoms with Crippen molar-refractivity contribution >= 4 is 23.2 Å². The van der Waals surface area contributed by atoms with Crippen LogP contribution in [0.15, 0.2) is 45.9 Å². The van der Waals surface area contributed by atoms with Gasteiger partial charge in [0.2, 0.25) is 5.89 Å². The van der Waals surface area contributed by atoms with Gasteiger partial charge in [0.25, 0.3) is 5.56 Å². The Labute approximate surface area is 133 Å². The van der Waals surface area contributed by atoms with Gasteiger partial charge < -0.3 is 4.42 Å². The third-order valence-electron chi connectivity index (χ3n) is 2.88. The zero-order valence-corrected chi connectivity index (χ0v) is 12.5. The van der Waals surface area contributed by atoms with Crippen LogP contribution in [-0.4, -0.2) is 14.8 Å². The quantitative estimate of drug-likeness (QED) is 0.733. The normalized spacial score (nSPS) is 10.9. The molecule has 0 bridgehead atoms. The Morgan fingerprint density at radius 3 is 2.91 bits per heavy atom. The zero-order valence-electron chi connectivity index (χ0n) is 11.0. The first-order valence-corrected chi connectivity index (χ1v) is 6.91. The molecule has 3 aromatic rings. The van der Waals surface area contributed by atoms with Gasteiger partial charge in [-0.1, -0.05) is 29.3 Å². The van der Waals surface area contributed by atoms with E-state index in [1.54, 1.807) is 12.1 Å². The summed E-state index contributed by atoms with van der Waals surface area (Å²) in [7, 11) is 0. The Morgan fingerprint density at radius 2 is 2.14 bits per heavy atom. The fraction of sp³-hybridized carbons (Fsp3) is 0.0714. The molecule has 0 aliphatic rings. The van der Waals surface area contributed by atoms with Crippen LogP contribution in [-0.2, 0) is 6.54 Å². The summed E-state index contributed by atoms with van der Waals surface area (Å²) in [5.74, 6) is -0.137. The lowest BCUT2D eigenvalue weighted by atomic mass is 10.2. The van der Waals surface area contributed by atoms with Crippen molar-refractivity contribution in [1.29, 1.82) is 0 Å². The molecule has 0 saturated heterocycles. The van der Waals surface area contributed by atoms with Crippen molar-refractivity contribution in [3.63, 3.8) is 0 Å². The molecular weight excluding hydrogens is 332 g/mol. The molecule has 0 N–H and O–H groups in total. The van der Waals surface area contributed by atoms with E-state index in [-0.39, 0.29) is 28.3 Å². The van der Waals surface area contributed by atoms with Crippen LogP contribution in [0.25, 0.3) is 11.5 Å². The zero-order chi connectivity index (χ0) is 15.7. The lowest BCUT2D eigenvalue weighted by Gasteiger charge is -2.02. The Kier molecular flexibility index (Phi) is 3.96. The summed E-state index contributed by atoms with van der Waals surface area (Å²) in [6.45, 7) is 0.0640. The maximum atomic E-state index is 13.2. The van der Waals surface area contributed by atoms with E-state index >= 15 is 0 Å². The van der Waals surface area contributed by atoms with Crippen LogP contribution in [0.3, 0.4) is 0 Å². The standard InChI is InChI=1S/C14H8Cl2FN3O2/c15-11-5-18-20(14(21)12(11)16)6-10-7-22-13(19-10)8-2-1-3-9(17)4-8/h1-5,7H,6H2. The molecule has 2 heterocycles. The van der Waals surface area contributed by atoms with Crippen LogP contribution in [0.5, 0.6) is 0 Å². The number of rotatable bonds is 3. The molecule has 0 radical (unpaired) electrons. The highest BCUT2D eigenvalue weighted by atomic mass is 35.5. The molecule has 5 nitrogen and oxygen atoms in total. The van der Waals surface area contributed by atoms with Gasteiger partial charge in [0.15, 0.2) is 0 Å². The first-order chi connectivity index (χ1) is 10.5. The molecule has 0 spiro atoms. The Bertz CT molecular complexity index is 892. The molecule has 0 aliphatic heterocycles. The van der Waals surface area contributed by atoms with Crippen LogP contribution in [0.1, 0.15) is 5.69 Å². The first kappa shape index (κ1) is 14.7. The molecule has 1 aromatic carbocycles. The third kappa shape index (κ3) is 2.88. The fourth-order valence-corrected chi connectivity index (χ4v) is 2.12. The van der Waals surface area contributed by atoms with Crippen molar-refractivity contribution in [1.82, 2.24) is 14.8 Å². The predicted molar refractivity (Wildman–Crippen MR) is 79.5 cm³/mol. The molecule has 0 fully saturated rings. The second-order valence-corrected chi connectivity index (χ2v) is 5.21. The molecule has 2 aromatic heterocycles. The topological polar surface area (TPSA) is 60.9 Å². The van der Waals surface area contributed by atoms with Gasteiger partial charge in [-0.3, -0.25) is 4.79 Å². The summed E-state index contributed by atoms with van der Waals surface area (Å²) in [6, 6.07) is 5.85. The van der Waals surface area contributed by atoms with E-state index in [2.05, 4.69) is 10.1 Å². The summed E-state index contributed by atoms with van der Waals surface area (Å²) in [5, 5.41) is 3.86. The van der Waals surface area contributed by atoms with Gasteiger partial charge in [0.05, 0.1) is 17.8 Å². The highest BCUT2D eigenvalue weighted by molar-refractivity contribution is 6.41. The summed E-state index contributed by atoms with van der Waals surface area (Å²) in [6.07, 6.45) is 2.65. The molecule has 8 heteroatoms. The average molecular weight is 340 g/mol. The van der Waals surface area contributed by atoms with Gasteiger partial charge in [-0.25, -0.2) is 14.1 Å². The van der Waals surface area contributed by atoms with Gasteiger partial charge in [-0.15, -0.1) is 0 Å². The maximum absolute atomic E-state index is 13.2. The smallest absolute Gasteiger partial charge is 0.287 e. The summed E-state index contributed by atoms with van der Waals surface area (Å²) in [5.41, 5.74) is 0.428. The summed E-state index contributed by atoms with van der Waals surface area (Å²) < 4.78 is 19.6. The van der Waals surface area contributed by atoms with Gasteiger partial charge in [0.1, 0.15) is 22.8 Å². The van der Waals surface area contributed by atoms with Gasteiger partial charge >= 0.3 is 0 Å². The molecule has 22 heavy (non-hydrogen) atoms. The number of nitrogens with zero attached hydrogens (tertiary/aromatic N) is 3. The van der Waals surface area contributed by atoms with Crippen molar-refractivity contribution < 1.29 is 8.81 Å². The molecule has 112 valence electrons. The van der Waals surface area contributed by atoms with Crippen molar-refractivity contribution in [3.05, 3.63) is 68.6 Å². The van der Waals surface area contributed by atoms with E-state index in [9.17, 15) is 9.18 Å². The van der Waals surface area contributed by atoms with Crippen molar-refractivity contribution in [2.75, 3.05) is 0 Å². The van der Waals surface area contributed by atoms with E-state index in [1.165, 1.54) is 24.6 Å². The van der Waals surface area contributed by atoms with Crippen molar-refractivity contribution in [2.24, 2.45) is 0 Å². The number of benzene rings is 1. The Hall–Kier alpha value is -2.18. The molecule has 0 aliphatic carbocycles. The summed E-state index contributed by atoms with van der Waals surface area (Å²) in [4.78, 5) is 16.1. The van der Waals surface area contributed by atoms with Crippen LogP contribution in [0.4, 0.5) is 4.39 Å². The van der Waals surface area contributed by atoms with Crippen molar-refractivity contribution in [2.45, 2.75) is 6.54 Å².